The minimum atomic E-state index is -1.08. The molecule has 0 spiro atoms. The first-order valence-corrected chi connectivity index (χ1v) is 8.57. The van der Waals surface area contributed by atoms with Crippen molar-refractivity contribution in [2.75, 3.05) is 0 Å². The molecule has 2 aromatic heterocycles. The highest BCUT2D eigenvalue weighted by molar-refractivity contribution is 7.20. The molecule has 0 saturated heterocycles. The smallest absolute Gasteiger partial charge is 0.354 e. The topological polar surface area (TPSA) is 67.3 Å². The highest BCUT2D eigenvalue weighted by Gasteiger charge is 2.14. The van der Waals surface area contributed by atoms with E-state index >= 15 is 0 Å². The summed E-state index contributed by atoms with van der Waals surface area (Å²) in [7, 11) is 0. The molecular formula is C20H13NO3S. The van der Waals surface area contributed by atoms with Crippen molar-refractivity contribution in [1.29, 1.82) is 0 Å². The number of benzene rings is 2. The number of aromatic nitrogens is 1. The summed E-state index contributed by atoms with van der Waals surface area (Å²) < 4.78 is 1.08. The van der Waals surface area contributed by atoms with E-state index in [9.17, 15) is 9.59 Å². The monoisotopic (exact) mass is 347 g/mol. The Morgan fingerprint density at radius 1 is 0.960 bits per heavy atom. The summed E-state index contributed by atoms with van der Waals surface area (Å²) in [5.74, 6) is -1.07. The Kier molecular flexibility index (Phi) is 3.78. The molecule has 5 heteroatoms. The number of rotatable bonds is 4. The van der Waals surface area contributed by atoms with Gasteiger partial charge in [0.1, 0.15) is 5.69 Å². The van der Waals surface area contributed by atoms with Crippen LogP contribution >= 0.6 is 11.3 Å². The van der Waals surface area contributed by atoms with Gasteiger partial charge in [-0.25, -0.2) is 9.78 Å². The van der Waals surface area contributed by atoms with E-state index in [0.29, 0.717) is 10.4 Å². The van der Waals surface area contributed by atoms with Gasteiger partial charge in [-0.3, -0.25) is 4.79 Å². The van der Waals surface area contributed by atoms with Crippen LogP contribution in [0.2, 0.25) is 0 Å². The second-order valence-electron chi connectivity index (χ2n) is 5.74. The van der Waals surface area contributed by atoms with Gasteiger partial charge in [0, 0.05) is 16.5 Å². The summed E-state index contributed by atoms with van der Waals surface area (Å²) in [5.41, 5.74) is 1.29. The van der Waals surface area contributed by atoms with E-state index in [2.05, 4.69) is 4.98 Å². The lowest BCUT2D eigenvalue weighted by Crippen LogP contribution is -2.05. The van der Waals surface area contributed by atoms with Crippen LogP contribution in [0.1, 0.15) is 25.7 Å². The molecule has 0 bridgehead atoms. The Balaban J connectivity index is 1.73. The number of carboxylic acids is 1. The van der Waals surface area contributed by atoms with Gasteiger partial charge in [-0.05, 0) is 29.1 Å². The zero-order valence-corrected chi connectivity index (χ0v) is 13.9. The molecule has 0 radical (unpaired) electrons. The number of para-hydroxylation sites is 1. The van der Waals surface area contributed by atoms with E-state index in [4.69, 9.17) is 5.11 Å². The SMILES string of the molecule is O=C(O)c1ccc2cccc(CC(=O)c3cc4ccccc4s3)c2n1. The number of ketones is 1. The Morgan fingerprint density at radius 2 is 1.76 bits per heavy atom. The Morgan fingerprint density at radius 3 is 2.56 bits per heavy atom. The molecule has 4 rings (SSSR count). The van der Waals surface area contributed by atoms with Gasteiger partial charge < -0.3 is 5.11 Å². The van der Waals surface area contributed by atoms with E-state index in [1.165, 1.54) is 17.4 Å². The average molecular weight is 347 g/mol. The quantitative estimate of drug-likeness (QED) is 0.549. The highest BCUT2D eigenvalue weighted by atomic mass is 32.1. The standard InChI is InChI=1S/C20H13NO3S/c22-16(18-11-13-4-1-2-7-17(13)25-18)10-14-6-3-5-12-8-9-15(20(23)24)21-19(12)14/h1-9,11H,10H2,(H,23,24). The van der Waals surface area contributed by atoms with E-state index in [1.54, 1.807) is 6.07 Å². The first-order valence-electron chi connectivity index (χ1n) is 7.75. The van der Waals surface area contributed by atoms with Gasteiger partial charge in [-0.1, -0.05) is 42.5 Å². The lowest BCUT2D eigenvalue weighted by molar-refractivity contribution is 0.0690. The van der Waals surface area contributed by atoms with E-state index < -0.39 is 5.97 Å². The summed E-state index contributed by atoms with van der Waals surface area (Å²) in [4.78, 5) is 28.8. The van der Waals surface area contributed by atoms with Crippen LogP contribution < -0.4 is 0 Å². The highest BCUT2D eigenvalue weighted by Crippen LogP contribution is 2.27. The molecule has 0 aliphatic carbocycles. The van der Waals surface area contributed by atoms with Crippen LogP contribution in [-0.4, -0.2) is 21.8 Å². The normalized spacial score (nSPS) is 11.0. The van der Waals surface area contributed by atoms with Crippen molar-refractivity contribution in [3.63, 3.8) is 0 Å². The summed E-state index contributed by atoms with van der Waals surface area (Å²) in [6, 6.07) is 18.5. The van der Waals surface area contributed by atoms with Crippen molar-refractivity contribution >= 4 is 44.1 Å². The number of nitrogens with zero attached hydrogens (tertiary/aromatic N) is 1. The largest absolute Gasteiger partial charge is 0.477 e. The van der Waals surface area contributed by atoms with E-state index in [-0.39, 0.29) is 17.9 Å². The third-order valence-electron chi connectivity index (χ3n) is 4.07. The molecule has 0 unspecified atom stereocenters. The molecule has 0 aliphatic heterocycles. The zero-order valence-electron chi connectivity index (χ0n) is 13.1. The van der Waals surface area contributed by atoms with Crippen LogP contribution in [0.25, 0.3) is 21.0 Å². The van der Waals surface area contributed by atoms with Gasteiger partial charge >= 0.3 is 5.97 Å². The lowest BCUT2D eigenvalue weighted by atomic mass is 10.0. The number of hydrogen-bond acceptors (Lipinski definition) is 4. The summed E-state index contributed by atoms with van der Waals surface area (Å²) in [5, 5.41) is 11.0. The van der Waals surface area contributed by atoms with E-state index in [1.807, 2.05) is 48.5 Å². The summed E-state index contributed by atoms with van der Waals surface area (Å²) in [6.45, 7) is 0. The number of carbonyl (C=O) groups excluding carboxylic acids is 1. The van der Waals surface area contributed by atoms with Crippen molar-refractivity contribution < 1.29 is 14.7 Å². The maximum atomic E-state index is 12.7. The minimum Gasteiger partial charge on any atom is -0.477 e. The number of thiophene rings is 1. The Labute approximate surface area is 147 Å². The number of hydrogen-bond donors (Lipinski definition) is 1. The maximum Gasteiger partial charge on any atom is 0.354 e. The van der Waals surface area contributed by atoms with E-state index in [0.717, 1.165) is 21.0 Å². The zero-order chi connectivity index (χ0) is 17.4. The van der Waals surface area contributed by atoms with Crippen LogP contribution in [0.15, 0.2) is 60.7 Å². The second-order valence-corrected chi connectivity index (χ2v) is 6.82. The van der Waals surface area contributed by atoms with Gasteiger partial charge in [0.15, 0.2) is 5.78 Å². The lowest BCUT2D eigenvalue weighted by Gasteiger charge is -2.05. The number of Topliss-reactive ketones (excluding diaryl/α,β-unsaturated/α-hetero) is 1. The van der Waals surface area contributed by atoms with Crippen molar-refractivity contribution in [1.82, 2.24) is 4.98 Å². The molecular weight excluding hydrogens is 334 g/mol. The number of pyridine rings is 1. The van der Waals surface area contributed by atoms with Crippen molar-refractivity contribution in [2.45, 2.75) is 6.42 Å². The molecule has 2 aromatic carbocycles. The van der Waals surface area contributed by atoms with Gasteiger partial charge in [-0.15, -0.1) is 11.3 Å². The van der Waals surface area contributed by atoms with Crippen LogP contribution in [0.4, 0.5) is 0 Å². The van der Waals surface area contributed by atoms with Gasteiger partial charge in [0.2, 0.25) is 0 Å². The molecule has 0 saturated carbocycles. The number of aromatic carboxylic acids is 1. The first kappa shape index (κ1) is 15.5. The molecule has 4 nitrogen and oxygen atoms in total. The number of carboxylic acid groups (broad SMARTS) is 1. The molecule has 122 valence electrons. The third kappa shape index (κ3) is 2.90. The fourth-order valence-corrected chi connectivity index (χ4v) is 3.85. The third-order valence-corrected chi connectivity index (χ3v) is 5.23. The Hall–Kier alpha value is -3.05. The number of carbonyl (C=O) groups is 2. The van der Waals surface area contributed by atoms with Gasteiger partial charge in [0.25, 0.3) is 0 Å². The summed E-state index contributed by atoms with van der Waals surface area (Å²) in [6.07, 6.45) is 0.195. The van der Waals surface area contributed by atoms with Crippen molar-refractivity contribution in [2.24, 2.45) is 0 Å². The summed E-state index contributed by atoms with van der Waals surface area (Å²) >= 11 is 1.47. The predicted octanol–water partition coefficient (Wildman–Crippen LogP) is 4.57. The molecule has 2 heterocycles. The molecule has 0 atom stereocenters. The van der Waals surface area contributed by atoms with Crippen LogP contribution in [-0.2, 0) is 6.42 Å². The maximum absolute atomic E-state index is 12.7. The molecule has 25 heavy (non-hydrogen) atoms. The molecule has 1 N–H and O–H groups in total. The van der Waals surface area contributed by atoms with Crippen molar-refractivity contribution in [3.05, 3.63) is 76.8 Å². The fourth-order valence-electron chi connectivity index (χ4n) is 2.85. The van der Waals surface area contributed by atoms with Gasteiger partial charge in [-0.2, -0.15) is 0 Å². The van der Waals surface area contributed by atoms with Crippen molar-refractivity contribution in [3.8, 4) is 0 Å². The predicted molar refractivity (Wildman–Crippen MR) is 98.6 cm³/mol. The van der Waals surface area contributed by atoms with Crippen LogP contribution in [0.5, 0.6) is 0 Å². The molecule has 0 aliphatic rings. The fraction of sp³-hybridized carbons (Fsp3) is 0.0500. The average Bonchev–Trinajstić information content (AvgIpc) is 3.06. The first-order chi connectivity index (χ1) is 12.1. The Bertz CT molecular complexity index is 1100. The molecule has 4 aromatic rings. The van der Waals surface area contributed by atoms with Crippen LogP contribution in [0, 0.1) is 0 Å². The minimum absolute atomic E-state index is 0.0104. The second kappa shape index (κ2) is 6.11. The van der Waals surface area contributed by atoms with Crippen LogP contribution in [0.3, 0.4) is 0 Å². The van der Waals surface area contributed by atoms with Gasteiger partial charge in [0.05, 0.1) is 10.4 Å². The molecule has 0 amide bonds. The molecule has 0 fully saturated rings. The number of fused-ring (bicyclic) bond motifs is 2.